The van der Waals surface area contributed by atoms with Crippen LogP contribution in [-0.4, -0.2) is 19.0 Å². The molecule has 0 saturated heterocycles. The van der Waals surface area contributed by atoms with Crippen molar-refractivity contribution in [1.82, 2.24) is 0 Å². The number of carbonyl (C=O) groups excluding carboxylic acids is 1. The van der Waals surface area contributed by atoms with E-state index in [1.165, 1.54) is 24.0 Å². The number of nitrogens with zero attached hydrogens (tertiary/aromatic N) is 1. The Hall–Kier alpha value is -1.13. The van der Waals surface area contributed by atoms with Crippen molar-refractivity contribution in [2.45, 2.75) is 20.8 Å². The van der Waals surface area contributed by atoms with Crippen molar-refractivity contribution in [3.05, 3.63) is 29.0 Å². The normalized spacial score (nSPS) is 9.29. The number of nitrogens with two attached hydrogens (primary N) is 1. The summed E-state index contributed by atoms with van der Waals surface area (Å²) < 4.78 is 13.1. The molecule has 1 aromatic rings. The van der Waals surface area contributed by atoms with Crippen molar-refractivity contribution in [2.75, 3.05) is 18.0 Å². The molecule has 1 amide bonds. The van der Waals surface area contributed by atoms with Crippen LogP contribution in [0.3, 0.4) is 0 Å². The monoisotopic (exact) mass is 260 g/mol. The first kappa shape index (κ1) is 15.9. The van der Waals surface area contributed by atoms with E-state index in [0.29, 0.717) is 18.8 Å². The molecule has 0 aromatic heterocycles. The molecule has 1 rings (SSSR count). The summed E-state index contributed by atoms with van der Waals surface area (Å²) in [5.41, 5.74) is 5.83. The summed E-state index contributed by atoms with van der Waals surface area (Å²) in [6, 6.07) is 4.22. The first-order valence-corrected chi connectivity index (χ1v) is 5.87. The zero-order chi connectivity index (χ0) is 13.4. The van der Waals surface area contributed by atoms with Crippen molar-refractivity contribution in [2.24, 2.45) is 5.73 Å². The van der Waals surface area contributed by atoms with Crippen LogP contribution in [0.25, 0.3) is 0 Å². The summed E-state index contributed by atoms with van der Waals surface area (Å²) in [4.78, 5) is 12.6. The van der Waals surface area contributed by atoms with Crippen LogP contribution in [0.4, 0.5) is 10.1 Å². The molecule has 0 aliphatic carbocycles. The van der Waals surface area contributed by atoms with Gasteiger partial charge in [-0.15, -0.1) is 0 Å². The van der Waals surface area contributed by atoms with Crippen molar-refractivity contribution >= 4 is 23.2 Å². The largest absolute Gasteiger partial charge is 0.329 e. The Labute approximate surface area is 106 Å². The van der Waals surface area contributed by atoms with Gasteiger partial charge in [-0.2, -0.15) is 0 Å². The molecule has 96 valence electrons. The lowest BCUT2D eigenvalue weighted by Crippen LogP contribution is -2.33. The Bertz CT molecular complexity index is 372. The van der Waals surface area contributed by atoms with Crippen LogP contribution in [0.15, 0.2) is 18.2 Å². The van der Waals surface area contributed by atoms with Crippen LogP contribution < -0.4 is 10.6 Å². The topological polar surface area (TPSA) is 46.3 Å². The summed E-state index contributed by atoms with van der Waals surface area (Å²) in [6.45, 7) is 6.09. The van der Waals surface area contributed by atoms with E-state index in [4.69, 9.17) is 17.3 Å². The maximum absolute atomic E-state index is 13.1. The molecule has 2 N–H and O–H groups in total. The molecule has 17 heavy (non-hydrogen) atoms. The van der Waals surface area contributed by atoms with Gasteiger partial charge in [-0.05, 0) is 18.2 Å². The van der Waals surface area contributed by atoms with Gasteiger partial charge in [-0.1, -0.05) is 25.4 Å². The van der Waals surface area contributed by atoms with Gasteiger partial charge in [0, 0.05) is 25.7 Å². The minimum atomic E-state index is -0.544. The van der Waals surface area contributed by atoms with Crippen LogP contribution >= 0.6 is 11.6 Å². The smallest absolute Gasteiger partial charge is 0.223 e. The van der Waals surface area contributed by atoms with E-state index in [9.17, 15) is 9.18 Å². The molecule has 3 nitrogen and oxygen atoms in total. The highest BCUT2D eigenvalue weighted by Crippen LogP contribution is 2.21. The van der Waals surface area contributed by atoms with Gasteiger partial charge in [0.25, 0.3) is 0 Å². The number of hydrogen-bond donors (Lipinski definition) is 1. The molecule has 5 heteroatoms. The third kappa shape index (κ3) is 4.71. The van der Waals surface area contributed by atoms with Crippen molar-refractivity contribution in [1.29, 1.82) is 0 Å². The Balaban J connectivity index is 0.00000121. The number of benzene rings is 1. The number of amides is 1. The molecule has 0 aliphatic rings. The molecule has 0 fully saturated rings. The Morgan fingerprint density at radius 3 is 2.47 bits per heavy atom. The molecule has 1 aromatic carbocycles. The van der Waals surface area contributed by atoms with E-state index in [2.05, 4.69) is 0 Å². The summed E-state index contributed by atoms with van der Waals surface area (Å²) in [5, 5.41) is 0.0370. The first-order valence-electron chi connectivity index (χ1n) is 5.49. The molecular weight excluding hydrogens is 243 g/mol. The SMILES string of the molecule is CC.CC(=O)N(CCN)c1ccc(Cl)c(F)c1. The average molecular weight is 261 g/mol. The Morgan fingerprint density at radius 2 is 2.06 bits per heavy atom. The molecule has 0 radical (unpaired) electrons. The summed E-state index contributed by atoms with van der Waals surface area (Å²) in [6.07, 6.45) is 0. The van der Waals surface area contributed by atoms with Gasteiger partial charge >= 0.3 is 0 Å². The van der Waals surface area contributed by atoms with Crippen LogP contribution in [0.1, 0.15) is 20.8 Å². The van der Waals surface area contributed by atoms with E-state index < -0.39 is 5.82 Å². The second-order valence-electron chi connectivity index (χ2n) is 3.06. The highest BCUT2D eigenvalue weighted by molar-refractivity contribution is 6.30. The summed E-state index contributed by atoms with van der Waals surface area (Å²) in [7, 11) is 0. The molecule has 0 spiro atoms. The standard InChI is InChI=1S/C10H12ClFN2O.C2H6/c1-7(15)14(5-4-13)8-2-3-9(11)10(12)6-8;1-2/h2-3,6H,4-5,13H2,1H3;1-2H3. The number of anilines is 1. The van der Waals surface area contributed by atoms with Crippen LogP contribution in [0.2, 0.25) is 5.02 Å². The highest BCUT2D eigenvalue weighted by atomic mass is 35.5. The van der Waals surface area contributed by atoms with Gasteiger partial charge in [0.15, 0.2) is 0 Å². The van der Waals surface area contributed by atoms with Gasteiger partial charge in [0.05, 0.1) is 5.02 Å². The van der Waals surface area contributed by atoms with E-state index in [1.807, 2.05) is 13.8 Å². The molecule has 0 bridgehead atoms. The fourth-order valence-corrected chi connectivity index (χ4v) is 1.37. The number of halogens is 2. The lowest BCUT2D eigenvalue weighted by molar-refractivity contribution is -0.116. The number of rotatable bonds is 3. The van der Waals surface area contributed by atoms with E-state index in [1.54, 1.807) is 6.07 Å². The summed E-state index contributed by atoms with van der Waals surface area (Å²) in [5.74, 6) is -0.723. The van der Waals surface area contributed by atoms with Gasteiger partial charge in [0.1, 0.15) is 5.82 Å². The second kappa shape index (κ2) is 8.03. The third-order valence-corrected chi connectivity index (χ3v) is 2.25. The van der Waals surface area contributed by atoms with Gasteiger partial charge in [0.2, 0.25) is 5.91 Å². The fourth-order valence-electron chi connectivity index (χ4n) is 1.25. The summed E-state index contributed by atoms with van der Waals surface area (Å²) >= 11 is 5.54. The van der Waals surface area contributed by atoms with Crippen LogP contribution in [0, 0.1) is 5.82 Å². The van der Waals surface area contributed by atoms with Crippen molar-refractivity contribution in [3.63, 3.8) is 0 Å². The van der Waals surface area contributed by atoms with Crippen molar-refractivity contribution < 1.29 is 9.18 Å². The molecule has 0 atom stereocenters. The van der Waals surface area contributed by atoms with Gasteiger partial charge < -0.3 is 10.6 Å². The number of hydrogen-bond acceptors (Lipinski definition) is 2. The maximum atomic E-state index is 13.1. The van der Waals surface area contributed by atoms with E-state index >= 15 is 0 Å². The lowest BCUT2D eigenvalue weighted by atomic mass is 10.2. The average Bonchev–Trinajstić information content (AvgIpc) is 2.32. The quantitative estimate of drug-likeness (QED) is 0.908. The molecule has 0 aliphatic heterocycles. The molecular formula is C12H18ClFN2O. The maximum Gasteiger partial charge on any atom is 0.223 e. The predicted octanol–water partition coefficient (Wildman–Crippen LogP) is 2.82. The Morgan fingerprint density at radius 1 is 1.47 bits per heavy atom. The Kier molecular flexibility index (Phi) is 7.50. The van der Waals surface area contributed by atoms with E-state index in [0.717, 1.165) is 0 Å². The van der Waals surface area contributed by atoms with Gasteiger partial charge in [-0.3, -0.25) is 4.79 Å². The van der Waals surface area contributed by atoms with Crippen molar-refractivity contribution in [3.8, 4) is 0 Å². The predicted molar refractivity (Wildman–Crippen MR) is 69.8 cm³/mol. The molecule has 0 unspecified atom stereocenters. The number of carbonyl (C=O) groups is 1. The zero-order valence-corrected chi connectivity index (χ0v) is 11.1. The van der Waals surface area contributed by atoms with Crippen LogP contribution in [-0.2, 0) is 4.79 Å². The second-order valence-corrected chi connectivity index (χ2v) is 3.46. The van der Waals surface area contributed by atoms with Crippen LogP contribution in [0.5, 0.6) is 0 Å². The van der Waals surface area contributed by atoms with E-state index in [-0.39, 0.29) is 10.9 Å². The third-order valence-electron chi connectivity index (χ3n) is 1.95. The van der Waals surface area contributed by atoms with Gasteiger partial charge in [-0.25, -0.2) is 4.39 Å². The minimum Gasteiger partial charge on any atom is -0.329 e. The first-order chi connectivity index (χ1) is 8.06. The molecule has 0 heterocycles. The highest BCUT2D eigenvalue weighted by Gasteiger charge is 2.11. The zero-order valence-electron chi connectivity index (χ0n) is 10.3. The minimum absolute atomic E-state index is 0.0370. The fraction of sp³-hybridized carbons (Fsp3) is 0.417. The lowest BCUT2D eigenvalue weighted by Gasteiger charge is -2.20. The molecule has 0 saturated carbocycles.